The number of nitrogens with one attached hydrogen (secondary N) is 1. The van der Waals surface area contributed by atoms with E-state index in [2.05, 4.69) is 64.3 Å². The Morgan fingerprint density at radius 1 is 1.05 bits per heavy atom. The lowest BCUT2D eigenvalue weighted by atomic mass is 9.92. The Bertz CT molecular complexity index is 575. The molecule has 1 aliphatic carbocycles. The number of halogens is 2. The van der Waals surface area contributed by atoms with E-state index in [4.69, 9.17) is 11.6 Å². The van der Waals surface area contributed by atoms with Gasteiger partial charge in [0.2, 0.25) is 0 Å². The first-order valence-corrected chi connectivity index (χ1v) is 8.89. The predicted molar refractivity (Wildman–Crippen MR) is 98.1 cm³/mol. The number of hydrogen-bond acceptors (Lipinski definition) is 1. The topological polar surface area (TPSA) is 12.0 Å². The van der Waals surface area contributed by atoms with E-state index in [0.29, 0.717) is 5.92 Å². The average Bonchev–Trinajstić information content (AvgIpc) is 3.31. The second-order valence-corrected chi connectivity index (χ2v) is 7.44. The highest BCUT2D eigenvalue weighted by Crippen LogP contribution is 2.25. The lowest BCUT2D eigenvalue weighted by Gasteiger charge is -2.18. The lowest BCUT2D eigenvalue weighted by molar-refractivity contribution is 0.577. The first-order chi connectivity index (χ1) is 10.2. The fourth-order valence-electron chi connectivity index (χ4n) is 2.54. The molecule has 1 saturated carbocycles. The first-order valence-electron chi connectivity index (χ1n) is 7.44. The van der Waals surface area contributed by atoms with Gasteiger partial charge in [-0.25, -0.2) is 0 Å². The Balaban J connectivity index is 1.73. The van der Waals surface area contributed by atoms with Gasteiger partial charge in [0.25, 0.3) is 0 Å². The van der Waals surface area contributed by atoms with Gasteiger partial charge in [-0.1, -0.05) is 35.9 Å². The van der Waals surface area contributed by atoms with Crippen LogP contribution in [-0.4, -0.2) is 12.6 Å². The Hall–Kier alpha value is -0.580. The molecule has 0 spiro atoms. The second kappa shape index (κ2) is 7.12. The number of rotatable bonds is 6. The zero-order valence-electron chi connectivity index (χ0n) is 11.9. The molecule has 1 atom stereocenters. The van der Waals surface area contributed by atoms with Crippen molar-refractivity contribution in [3.05, 3.63) is 68.3 Å². The molecule has 2 aromatic carbocycles. The molecule has 1 fully saturated rings. The first kappa shape index (κ1) is 15.3. The summed E-state index contributed by atoms with van der Waals surface area (Å²) in [5.74, 6) is 0.503. The minimum Gasteiger partial charge on any atom is -0.313 e. The summed E-state index contributed by atoms with van der Waals surface area (Å²) in [5.41, 5.74) is 2.76. The third kappa shape index (κ3) is 4.70. The largest absolute Gasteiger partial charge is 0.313 e. The normalized spacial score (nSPS) is 15.9. The quantitative estimate of drug-likeness (QED) is 0.658. The maximum Gasteiger partial charge on any atom is 0.0406 e. The van der Waals surface area contributed by atoms with Gasteiger partial charge in [0, 0.05) is 27.1 Å². The highest BCUT2D eigenvalue weighted by Gasteiger charge is 2.22. The molecule has 21 heavy (non-hydrogen) atoms. The zero-order valence-corrected chi connectivity index (χ0v) is 14.8. The monoisotopic (exact) mass is 411 g/mol. The fraction of sp³-hybridized carbons (Fsp3) is 0.333. The zero-order chi connectivity index (χ0) is 14.7. The highest BCUT2D eigenvalue weighted by atomic mass is 127. The molecule has 1 nitrogen and oxygen atoms in total. The van der Waals surface area contributed by atoms with Crippen LogP contribution in [-0.2, 0) is 6.42 Å². The van der Waals surface area contributed by atoms with Crippen molar-refractivity contribution in [2.45, 2.75) is 31.2 Å². The van der Waals surface area contributed by atoms with E-state index in [-0.39, 0.29) is 0 Å². The molecule has 1 unspecified atom stereocenters. The SMILES string of the molecule is Clc1ccc(C(CNC2CC2)Cc2ccc(I)cc2)cc1. The Morgan fingerprint density at radius 3 is 2.33 bits per heavy atom. The summed E-state index contributed by atoms with van der Waals surface area (Å²) >= 11 is 8.37. The average molecular weight is 412 g/mol. The molecular weight excluding hydrogens is 393 g/mol. The van der Waals surface area contributed by atoms with Crippen LogP contribution in [0.15, 0.2) is 48.5 Å². The summed E-state index contributed by atoms with van der Waals surface area (Å²) in [7, 11) is 0. The summed E-state index contributed by atoms with van der Waals surface area (Å²) in [6, 6.07) is 17.9. The lowest BCUT2D eigenvalue weighted by Crippen LogP contribution is -2.24. The maximum atomic E-state index is 6.02. The van der Waals surface area contributed by atoms with E-state index in [1.54, 1.807) is 0 Å². The van der Waals surface area contributed by atoms with E-state index in [9.17, 15) is 0 Å². The highest BCUT2D eigenvalue weighted by molar-refractivity contribution is 14.1. The number of benzene rings is 2. The van der Waals surface area contributed by atoms with E-state index in [1.165, 1.54) is 27.5 Å². The molecule has 3 rings (SSSR count). The van der Waals surface area contributed by atoms with Gasteiger partial charge in [-0.2, -0.15) is 0 Å². The Morgan fingerprint density at radius 2 is 1.71 bits per heavy atom. The van der Waals surface area contributed by atoms with Crippen molar-refractivity contribution in [3.63, 3.8) is 0 Å². The molecule has 110 valence electrons. The summed E-state index contributed by atoms with van der Waals surface area (Å²) in [6.45, 7) is 1.04. The second-order valence-electron chi connectivity index (χ2n) is 5.76. The van der Waals surface area contributed by atoms with Crippen LogP contribution in [0.2, 0.25) is 5.02 Å². The smallest absolute Gasteiger partial charge is 0.0406 e. The Kier molecular flexibility index (Phi) is 5.19. The molecule has 0 amide bonds. The van der Waals surface area contributed by atoms with E-state index in [0.717, 1.165) is 24.0 Å². The van der Waals surface area contributed by atoms with Crippen LogP contribution in [0.3, 0.4) is 0 Å². The van der Waals surface area contributed by atoms with Gasteiger partial charge < -0.3 is 5.32 Å². The predicted octanol–water partition coefficient (Wildman–Crippen LogP) is 5.02. The van der Waals surface area contributed by atoms with Crippen LogP contribution in [0, 0.1) is 3.57 Å². The van der Waals surface area contributed by atoms with Crippen LogP contribution in [0.1, 0.15) is 29.9 Å². The molecular formula is C18H19ClIN. The maximum absolute atomic E-state index is 6.02. The standard InChI is InChI=1S/C18H19ClIN/c19-16-5-3-14(4-6-16)15(12-21-18-9-10-18)11-13-1-7-17(20)8-2-13/h1-8,15,18,21H,9-12H2. The fourth-order valence-corrected chi connectivity index (χ4v) is 3.03. The third-order valence-electron chi connectivity index (χ3n) is 3.97. The van der Waals surface area contributed by atoms with E-state index in [1.807, 2.05) is 12.1 Å². The summed E-state index contributed by atoms with van der Waals surface area (Å²) in [5, 5.41) is 4.47. The molecule has 0 aliphatic heterocycles. The van der Waals surface area contributed by atoms with Crippen molar-refractivity contribution in [2.75, 3.05) is 6.54 Å². The van der Waals surface area contributed by atoms with Crippen molar-refractivity contribution < 1.29 is 0 Å². The molecule has 0 heterocycles. The molecule has 3 heteroatoms. The van der Waals surface area contributed by atoms with Crippen LogP contribution < -0.4 is 5.32 Å². The van der Waals surface area contributed by atoms with Gasteiger partial charge in [0.15, 0.2) is 0 Å². The van der Waals surface area contributed by atoms with Gasteiger partial charge in [-0.15, -0.1) is 0 Å². The van der Waals surface area contributed by atoms with Gasteiger partial charge in [-0.3, -0.25) is 0 Å². The van der Waals surface area contributed by atoms with Crippen molar-refractivity contribution >= 4 is 34.2 Å². The van der Waals surface area contributed by atoms with Crippen LogP contribution in [0.5, 0.6) is 0 Å². The minimum atomic E-state index is 0.503. The molecule has 1 N–H and O–H groups in total. The molecule has 0 aromatic heterocycles. The van der Waals surface area contributed by atoms with E-state index >= 15 is 0 Å². The molecule has 0 radical (unpaired) electrons. The molecule has 0 bridgehead atoms. The van der Waals surface area contributed by atoms with Crippen molar-refractivity contribution in [1.82, 2.24) is 5.32 Å². The van der Waals surface area contributed by atoms with E-state index < -0.39 is 0 Å². The van der Waals surface area contributed by atoms with Crippen molar-refractivity contribution in [3.8, 4) is 0 Å². The molecule has 0 saturated heterocycles. The van der Waals surface area contributed by atoms with Crippen LogP contribution >= 0.6 is 34.2 Å². The Labute approximate surface area is 145 Å². The minimum absolute atomic E-state index is 0.503. The summed E-state index contributed by atoms with van der Waals surface area (Å²) < 4.78 is 1.29. The van der Waals surface area contributed by atoms with Gasteiger partial charge in [0.05, 0.1) is 0 Å². The van der Waals surface area contributed by atoms with Crippen molar-refractivity contribution in [2.24, 2.45) is 0 Å². The van der Waals surface area contributed by atoms with Gasteiger partial charge in [-0.05, 0) is 77.2 Å². The number of hydrogen-bond donors (Lipinski definition) is 1. The molecule has 2 aromatic rings. The summed E-state index contributed by atoms with van der Waals surface area (Å²) in [4.78, 5) is 0. The third-order valence-corrected chi connectivity index (χ3v) is 4.94. The van der Waals surface area contributed by atoms with Crippen LogP contribution in [0.25, 0.3) is 0 Å². The van der Waals surface area contributed by atoms with Gasteiger partial charge in [0.1, 0.15) is 0 Å². The van der Waals surface area contributed by atoms with Crippen molar-refractivity contribution in [1.29, 1.82) is 0 Å². The van der Waals surface area contributed by atoms with Crippen LogP contribution in [0.4, 0.5) is 0 Å². The van der Waals surface area contributed by atoms with Gasteiger partial charge >= 0.3 is 0 Å². The molecule has 1 aliphatic rings. The summed E-state index contributed by atoms with van der Waals surface area (Å²) in [6.07, 6.45) is 3.73.